The molecule has 2 saturated heterocycles. The van der Waals surface area contributed by atoms with Crippen molar-refractivity contribution in [3.63, 3.8) is 0 Å². The van der Waals surface area contributed by atoms with Gasteiger partial charge in [-0.05, 0) is 86.2 Å². The number of amides is 4. The summed E-state index contributed by atoms with van der Waals surface area (Å²) in [5.74, 6) is -5.76. The fourth-order valence-electron chi connectivity index (χ4n) is 8.28. The number of carbonyl (C=O) groups excluding carboxylic acids is 4. The van der Waals surface area contributed by atoms with Gasteiger partial charge in [0.1, 0.15) is 5.82 Å². The lowest BCUT2D eigenvalue weighted by molar-refractivity contribution is -0.132. The van der Waals surface area contributed by atoms with Crippen LogP contribution in [-0.2, 0) is 19.2 Å². The number of hydrogen-bond donors (Lipinski definition) is 1. The summed E-state index contributed by atoms with van der Waals surface area (Å²) in [6.45, 7) is 3.57. The zero-order valence-corrected chi connectivity index (χ0v) is 29.1. The summed E-state index contributed by atoms with van der Waals surface area (Å²) >= 11 is 12.5. The monoisotopic (exact) mass is 718 g/mol. The molecule has 9 nitrogen and oxygen atoms in total. The molecule has 4 amide bonds. The van der Waals surface area contributed by atoms with E-state index in [0.29, 0.717) is 16.3 Å². The Hall–Kier alpha value is -4.67. The van der Waals surface area contributed by atoms with Gasteiger partial charge in [-0.1, -0.05) is 53.1 Å². The molecular formula is C38H33Cl2FN2O7. The summed E-state index contributed by atoms with van der Waals surface area (Å²) in [5, 5.41) is 10.7. The molecule has 2 aliphatic heterocycles. The summed E-state index contributed by atoms with van der Waals surface area (Å²) < 4.78 is 24.8. The molecule has 0 unspecified atom stereocenters. The van der Waals surface area contributed by atoms with Crippen molar-refractivity contribution in [2.45, 2.75) is 26.7 Å². The van der Waals surface area contributed by atoms with Crippen molar-refractivity contribution in [2.75, 3.05) is 24.0 Å². The number of ether oxygens (including phenoxy) is 2. The number of rotatable bonds is 6. The molecule has 0 aromatic heterocycles. The molecule has 1 N–H and O–H groups in total. The smallest absolute Gasteiger partial charge is 0.241 e. The van der Waals surface area contributed by atoms with E-state index in [0.717, 1.165) is 22.1 Å². The Balaban J connectivity index is 1.34. The Kier molecular flexibility index (Phi) is 8.30. The van der Waals surface area contributed by atoms with E-state index >= 15 is 0 Å². The Labute approximate surface area is 297 Å². The lowest BCUT2D eigenvalue weighted by Crippen LogP contribution is -2.49. The number of aryl methyl sites for hydroxylation is 1. The Morgan fingerprint density at radius 1 is 0.880 bits per heavy atom. The number of phenolic OH excluding ortho intramolecular Hbond substituents is 1. The molecule has 1 saturated carbocycles. The molecule has 50 heavy (non-hydrogen) atoms. The van der Waals surface area contributed by atoms with E-state index in [1.165, 1.54) is 31.3 Å². The summed E-state index contributed by atoms with van der Waals surface area (Å²) in [6, 6.07) is 12.0. The van der Waals surface area contributed by atoms with Crippen molar-refractivity contribution >= 4 is 64.3 Å². The second-order valence-corrected chi connectivity index (χ2v) is 14.2. The standard InChI is InChI=1S/C38H33Cl2FN2O7/c1-18-5-7-20(15-27(18)39)42-34(45)23-10-9-22-24(32(23)36(42)47)17-26-35(46)43(21-8-12-29(41)28(40)16-21)37(48)38(26,2)25(22)11-6-19-13-30(49-3)33(44)31(14-19)50-4/h5-9,11-16,23-26,32,44H,10,17H2,1-4H3/t23-,24+,25-,26-,32-,38-/m0/s1. The number of allylic oxidation sites excluding steroid dienone is 3. The third-order valence-electron chi connectivity index (χ3n) is 10.9. The summed E-state index contributed by atoms with van der Waals surface area (Å²) in [7, 11) is 2.82. The van der Waals surface area contributed by atoms with Gasteiger partial charge in [0.2, 0.25) is 29.4 Å². The molecule has 0 spiro atoms. The summed E-state index contributed by atoms with van der Waals surface area (Å²) in [4.78, 5) is 59.3. The molecule has 4 aliphatic rings. The van der Waals surface area contributed by atoms with Gasteiger partial charge in [-0.25, -0.2) is 14.2 Å². The van der Waals surface area contributed by atoms with Crippen LogP contribution in [0, 0.1) is 47.7 Å². The lowest BCUT2D eigenvalue weighted by Gasteiger charge is -2.47. The Morgan fingerprint density at radius 3 is 2.16 bits per heavy atom. The van der Waals surface area contributed by atoms with Crippen LogP contribution < -0.4 is 19.3 Å². The first kappa shape index (κ1) is 33.8. The van der Waals surface area contributed by atoms with Crippen molar-refractivity contribution in [3.8, 4) is 17.2 Å². The maximum Gasteiger partial charge on any atom is 0.241 e. The predicted molar refractivity (Wildman–Crippen MR) is 186 cm³/mol. The highest BCUT2D eigenvalue weighted by molar-refractivity contribution is 6.32. The minimum atomic E-state index is -1.31. The highest BCUT2D eigenvalue weighted by Crippen LogP contribution is 2.61. The van der Waals surface area contributed by atoms with Crippen LogP contribution in [0.5, 0.6) is 17.2 Å². The van der Waals surface area contributed by atoms with E-state index in [1.807, 2.05) is 19.1 Å². The van der Waals surface area contributed by atoms with Crippen molar-refractivity contribution in [1.29, 1.82) is 0 Å². The molecule has 2 heterocycles. The quantitative estimate of drug-likeness (QED) is 0.213. The van der Waals surface area contributed by atoms with Crippen LogP contribution in [0.4, 0.5) is 15.8 Å². The van der Waals surface area contributed by atoms with Crippen molar-refractivity contribution in [3.05, 3.63) is 93.2 Å². The minimum Gasteiger partial charge on any atom is -0.502 e. The highest BCUT2D eigenvalue weighted by Gasteiger charge is 2.67. The van der Waals surface area contributed by atoms with Crippen LogP contribution >= 0.6 is 23.2 Å². The van der Waals surface area contributed by atoms with Crippen molar-refractivity contribution in [2.24, 2.45) is 35.0 Å². The number of methoxy groups -OCH3 is 2. The number of nitrogens with zero attached hydrogens (tertiary/aromatic N) is 2. The molecule has 3 fully saturated rings. The fourth-order valence-corrected chi connectivity index (χ4v) is 8.63. The molecule has 2 aliphatic carbocycles. The first-order valence-corrected chi connectivity index (χ1v) is 16.9. The highest BCUT2D eigenvalue weighted by atomic mass is 35.5. The predicted octanol–water partition coefficient (Wildman–Crippen LogP) is 7.14. The van der Waals surface area contributed by atoms with Gasteiger partial charge in [-0.3, -0.25) is 19.2 Å². The number of anilines is 2. The van der Waals surface area contributed by atoms with E-state index in [4.69, 9.17) is 32.7 Å². The van der Waals surface area contributed by atoms with Gasteiger partial charge in [0.25, 0.3) is 0 Å². The van der Waals surface area contributed by atoms with Crippen LogP contribution in [0.1, 0.15) is 30.9 Å². The fraction of sp³-hybridized carbons (Fsp3) is 0.316. The summed E-state index contributed by atoms with van der Waals surface area (Å²) in [6.07, 6.45) is 5.92. The van der Waals surface area contributed by atoms with Gasteiger partial charge in [-0.2, -0.15) is 0 Å². The maximum absolute atomic E-state index is 14.5. The number of benzene rings is 3. The van der Waals surface area contributed by atoms with Gasteiger partial charge in [0, 0.05) is 10.9 Å². The average molecular weight is 720 g/mol. The summed E-state index contributed by atoms with van der Waals surface area (Å²) in [5.41, 5.74) is 1.38. The van der Waals surface area contributed by atoms with Crippen molar-refractivity contribution in [1.82, 2.24) is 0 Å². The lowest BCUT2D eigenvalue weighted by atomic mass is 9.52. The van der Waals surface area contributed by atoms with E-state index in [-0.39, 0.29) is 52.6 Å². The first-order valence-electron chi connectivity index (χ1n) is 16.1. The number of phenols is 1. The van der Waals surface area contributed by atoms with Crippen LogP contribution in [0.15, 0.2) is 66.3 Å². The van der Waals surface area contributed by atoms with Crippen LogP contribution in [0.25, 0.3) is 6.08 Å². The number of hydrogen-bond acceptors (Lipinski definition) is 7. The van der Waals surface area contributed by atoms with E-state index in [2.05, 4.69) is 0 Å². The molecule has 3 aromatic carbocycles. The zero-order valence-electron chi connectivity index (χ0n) is 27.6. The van der Waals surface area contributed by atoms with Gasteiger partial charge in [-0.15, -0.1) is 0 Å². The molecule has 6 atom stereocenters. The van der Waals surface area contributed by atoms with Crippen LogP contribution in [0.3, 0.4) is 0 Å². The molecule has 3 aromatic rings. The largest absolute Gasteiger partial charge is 0.502 e. The number of fused-ring (bicyclic) bond motifs is 4. The van der Waals surface area contributed by atoms with Crippen molar-refractivity contribution < 1.29 is 38.1 Å². The second kappa shape index (κ2) is 12.3. The molecule has 12 heteroatoms. The minimum absolute atomic E-state index is 0.141. The van der Waals surface area contributed by atoms with Gasteiger partial charge in [0.15, 0.2) is 11.5 Å². The van der Waals surface area contributed by atoms with Gasteiger partial charge in [0.05, 0.1) is 53.8 Å². The van der Waals surface area contributed by atoms with E-state index in [1.54, 1.807) is 43.3 Å². The first-order chi connectivity index (χ1) is 23.8. The average Bonchev–Trinajstić information content (AvgIpc) is 3.46. The molecule has 0 radical (unpaired) electrons. The maximum atomic E-state index is 14.5. The normalized spacial score (nSPS) is 27.4. The molecular weight excluding hydrogens is 686 g/mol. The Bertz CT molecular complexity index is 2040. The SMILES string of the molecule is COc1cc(C=C[C@H]2C3=CC[C@@H]4C(=O)N(c5ccc(C)c(Cl)c5)C(=O)[C@@H]4[C@@H]3C[C@H]3C(=O)N(c4ccc(F)c(Cl)c4)C(=O)[C@@]23C)cc(OC)c1O. The van der Waals surface area contributed by atoms with Crippen LogP contribution in [-0.4, -0.2) is 43.0 Å². The zero-order chi connectivity index (χ0) is 35.8. The number of carbonyl (C=O) groups is 4. The topological polar surface area (TPSA) is 113 Å². The molecule has 7 rings (SSSR count). The van der Waals surface area contributed by atoms with E-state index in [9.17, 15) is 28.7 Å². The van der Waals surface area contributed by atoms with Crippen LogP contribution in [0.2, 0.25) is 10.0 Å². The van der Waals surface area contributed by atoms with Gasteiger partial charge < -0.3 is 14.6 Å². The molecule has 0 bridgehead atoms. The number of aromatic hydroxyl groups is 1. The third kappa shape index (κ3) is 4.94. The number of halogens is 3. The molecule has 258 valence electrons. The second-order valence-electron chi connectivity index (χ2n) is 13.4. The third-order valence-corrected chi connectivity index (χ3v) is 11.6. The number of imide groups is 2. The van der Waals surface area contributed by atoms with Gasteiger partial charge >= 0.3 is 0 Å². The van der Waals surface area contributed by atoms with E-state index < -0.39 is 52.6 Å². The Morgan fingerprint density at radius 2 is 1.52 bits per heavy atom.